The molecule has 1 aromatic heterocycles. The molecule has 0 unspecified atom stereocenters. The second-order valence-corrected chi connectivity index (χ2v) is 7.72. The van der Waals surface area contributed by atoms with Gasteiger partial charge in [0.15, 0.2) is 5.78 Å². The van der Waals surface area contributed by atoms with E-state index in [1.165, 1.54) is 53.2 Å². The lowest BCUT2D eigenvalue weighted by Crippen LogP contribution is -2.10. The predicted molar refractivity (Wildman–Crippen MR) is 119 cm³/mol. The monoisotopic (exact) mass is 470 g/mol. The van der Waals surface area contributed by atoms with Crippen molar-refractivity contribution in [2.45, 2.75) is 0 Å². The molecule has 4 rings (SSSR count). The number of amides is 1. The summed E-state index contributed by atoms with van der Waals surface area (Å²) in [6.45, 7) is 0. The van der Waals surface area contributed by atoms with E-state index in [0.29, 0.717) is 10.9 Å². The van der Waals surface area contributed by atoms with Crippen molar-refractivity contribution in [3.05, 3.63) is 98.9 Å². The van der Waals surface area contributed by atoms with Crippen LogP contribution in [0.3, 0.4) is 0 Å². The normalized spacial score (nSPS) is 11.0. The Hall–Kier alpha value is -3.68. The first-order valence-electron chi connectivity index (χ1n) is 9.16. The Morgan fingerprint density at radius 2 is 1.59 bits per heavy atom. The lowest BCUT2D eigenvalue weighted by atomic mass is 10.0. The first-order valence-corrected chi connectivity index (χ1v) is 9.91. The van der Waals surface area contributed by atoms with E-state index >= 15 is 0 Å². The Balaban J connectivity index is 2.00. The smallest absolute Gasteiger partial charge is 0.335 e. The van der Waals surface area contributed by atoms with Gasteiger partial charge in [-0.25, -0.2) is 9.18 Å². The number of benzene rings is 3. The van der Waals surface area contributed by atoms with Gasteiger partial charge in [-0.1, -0.05) is 35.3 Å². The number of aromatic carboxylic acids is 1. The Bertz CT molecular complexity index is 1430. The number of hydrogen-bond donors (Lipinski definition) is 2. The zero-order valence-electron chi connectivity index (χ0n) is 16.1. The number of carboxylic acids is 1. The van der Waals surface area contributed by atoms with Crippen LogP contribution in [0.1, 0.15) is 36.6 Å². The van der Waals surface area contributed by atoms with Crippen LogP contribution in [-0.2, 0) is 0 Å². The number of carbonyl (C=O) groups excluding carboxylic acids is 2. The van der Waals surface area contributed by atoms with Gasteiger partial charge in [-0.15, -0.1) is 0 Å². The molecule has 0 aliphatic heterocycles. The molecule has 9 heteroatoms. The number of nitrogens with two attached hydrogens (primary N) is 1. The van der Waals surface area contributed by atoms with Crippen molar-refractivity contribution in [2.75, 3.05) is 0 Å². The van der Waals surface area contributed by atoms with Crippen LogP contribution in [0.15, 0.2) is 60.8 Å². The number of nitrogens with zero attached hydrogens (tertiary/aromatic N) is 1. The third-order valence-electron chi connectivity index (χ3n) is 4.98. The third kappa shape index (κ3) is 3.62. The number of hydrogen-bond acceptors (Lipinski definition) is 3. The number of rotatable bonds is 5. The molecule has 0 atom stereocenters. The van der Waals surface area contributed by atoms with Crippen molar-refractivity contribution >= 4 is 51.8 Å². The highest BCUT2D eigenvalue weighted by atomic mass is 35.5. The second-order valence-electron chi connectivity index (χ2n) is 6.91. The molecule has 0 aliphatic carbocycles. The number of aromatic nitrogens is 1. The fourth-order valence-electron chi connectivity index (χ4n) is 3.45. The summed E-state index contributed by atoms with van der Waals surface area (Å²) < 4.78 is 16.2. The topological polar surface area (TPSA) is 102 Å². The maximum Gasteiger partial charge on any atom is 0.335 e. The Morgan fingerprint density at radius 1 is 0.938 bits per heavy atom. The standard InChI is InChI=1S/C23H13Cl2FN2O4/c24-15-2-1-3-16(25)20(15)21(29)14-10-28(18-7-5-12(23(31)32)8-17(18)26)19-9-11(22(27)30)4-6-13(14)19/h1-10H,(H2,27,30)(H,31,32). The number of ketones is 1. The molecule has 4 aromatic rings. The van der Waals surface area contributed by atoms with E-state index in [1.54, 1.807) is 6.07 Å². The molecule has 1 amide bonds. The highest BCUT2D eigenvalue weighted by Crippen LogP contribution is 2.33. The molecule has 3 N–H and O–H groups in total. The number of halogens is 3. The molecule has 6 nitrogen and oxygen atoms in total. The van der Waals surface area contributed by atoms with Crippen LogP contribution in [0.5, 0.6) is 0 Å². The molecule has 1 heterocycles. The molecule has 0 saturated carbocycles. The number of carboxylic acid groups (broad SMARTS) is 1. The number of primary amides is 1. The Labute approximate surface area is 190 Å². The quantitative estimate of drug-likeness (QED) is 0.395. The summed E-state index contributed by atoms with van der Waals surface area (Å²) in [5.74, 6) is -3.32. The molecule has 0 saturated heterocycles. The minimum Gasteiger partial charge on any atom is -0.478 e. The molecular formula is C23H13Cl2FN2O4. The van der Waals surface area contributed by atoms with E-state index in [2.05, 4.69) is 0 Å². The van der Waals surface area contributed by atoms with Gasteiger partial charge in [0.1, 0.15) is 5.82 Å². The summed E-state index contributed by atoms with van der Waals surface area (Å²) >= 11 is 12.4. The molecular weight excluding hydrogens is 458 g/mol. The van der Waals surface area contributed by atoms with Crippen LogP contribution in [-0.4, -0.2) is 27.3 Å². The predicted octanol–water partition coefficient (Wildman–Crippen LogP) is 5.10. The molecule has 32 heavy (non-hydrogen) atoms. The fraction of sp³-hybridized carbons (Fsp3) is 0. The molecule has 0 radical (unpaired) electrons. The molecule has 3 aromatic carbocycles. The van der Waals surface area contributed by atoms with Gasteiger partial charge in [-0.3, -0.25) is 9.59 Å². The average molecular weight is 471 g/mol. The van der Waals surface area contributed by atoms with Crippen molar-refractivity contribution in [2.24, 2.45) is 5.73 Å². The van der Waals surface area contributed by atoms with Crippen LogP contribution in [0.2, 0.25) is 10.0 Å². The maximum absolute atomic E-state index is 14.8. The zero-order chi connectivity index (χ0) is 23.2. The van der Waals surface area contributed by atoms with Gasteiger partial charge in [0.25, 0.3) is 0 Å². The lowest BCUT2D eigenvalue weighted by molar-refractivity contribution is 0.0696. The van der Waals surface area contributed by atoms with E-state index in [0.717, 1.165) is 6.07 Å². The minimum atomic E-state index is -1.28. The van der Waals surface area contributed by atoms with Gasteiger partial charge in [-0.05, 0) is 42.5 Å². The van der Waals surface area contributed by atoms with Gasteiger partial charge in [0.2, 0.25) is 5.91 Å². The zero-order valence-corrected chi connectivity index (χ0v) is 17.6. The largest absolute Gasteiger partial charge is 0.478 e. The van der Waals surface area contributed by atoms with Gasteiger partial charge < -0.3 is 15.4 Å². The SMILES string of the molecule is NC(=O)c1ccc2c(C(=O)c3c(Cl)cccc3Cl)cn(-c3ccc(C(=O)O)cc3F)c2c1. The van der Waals surface area contributed by atoms with Crippen LogP contribution in [0.4, 0.5) is 4.39 Å². The van der Waals surface area contributed by atoms with Crippen molar-refractivity contribution in [3.63, 3.8) is 0 Å². The van der Waals surface area contributed by atoms with Crippen LogP contribution in [0, 0.1) is 5.82 Å². The summed E-state index contributed by atoms with van der Waals surface area (Å²) in [5, 5.41) is 9.80. The molecule has 0 bridgehead atoms. The first kappa shape index (κ1) is 21.5. The van der Waals surface area contributed by atoms with Crippen molar-refractivity contribution in [1.82, 2.24) is 4.57 Å². The number of carbonyl (C=O) groups is 3. The van der Waals surface area contributed by atoms with Crippen molar-refractivity contribution < 1.29 is 23.9 Å². The van der Waals surface area contributed by atoms with Crippen molar-refractivity contribution in [3.8, 4) is 5.69 Å². The van der Waals surface area contributed by atoms with Gasteiger partial charge in [0.05, 0.1) is 32.4 Å². The van der Waals surface area contributed by atoms with Crippen molar-refractivity contribution in [1.29, 1.82) is 0 Å². The van der Waals surface area contributed by atoms with Crippen LogP contribution in [0.25, 0.3) is 16.6 Å². The first-order chi connectivity index (χ1) is 15.2. The summed E-state index contributed by atoms with van der Waals surface area (Å²) in [6, 6.07) is 12.4. The molecule has 0 fully saturated rings. The molecule has 160 valence electrons. The molecule has 0 aliphatic rings. The van der Waals surface area contributed by atoms with E-state index in [4.69, 9.17) is 34.0 Å². The van der Waals surface area contributed by atoms with E-state index in [9.17, 15) is 18.8 Å². The van der Waals surface area contributed by atoms with Crippen LogP contribution < -0.4 is 5.73 Å². The van der Waals surface area contributed by atoms with Crippen LogP contribution >= 0.6 is 23.2 Å². The summed E-state index contributed by atoms with van der Waals surface area (Å²) in [4.78, 5) is 36.2. The summed E-state index contributed by atoms with van der Waals surface area (Å²) in [6.07, 6.45) is 1.39. The highest BCUT2D eigenvalue weighted by molar-refractivity contribution is 6.41. The third-order valence-corrected chi connectivity index (χ3v) is 5.61. The van der Waals surface area contributed by atoms with Gasteiger partial charge >= 0.3 is 5.97 Å². The second kappa shape index (κ2) is 8.11. The van der Waals surface area contributed by atoms with E-state index in [-0.39, 0.29) is 38.0 Å². The number of fused-ring (bicyclic) bond motifs is 1. The van der Waals surface area contributed by atoms with Gasteiger partial charge in [-0.2, -0.15) is 0 Å². The summed E-state index contributed by atoms with van der Waals surface area (Å²) in [7, 11) is 0. The Morgan fingerprint density at radius 3 is 2.19 bits per heavy atom. The van der Waals surface area contributed by atoms with E-state index < -0.39 is 23.5 Å². The highest BCUT2D eigenvalue weighted by Gasteiger charge is 2.23. The minimum absolute atomic E-state index is 0.0223. The Kier molecular flexibility index (Phi) is 5.46. The van der Waals surface area contributed by atoms with E-state index in [1.807, 2.05) is 0 Å². The van der Waals surface area contributed by atoms with Gasteiger partial charge in [0, 0.05) is 22.7 Å². The fourth-order valence-corrected chi connectivity index (χ4v) is 4.01. The lowest BCUT2D eigenvalue weighted by Gasteiger charge is -2.08. The summed E-state index contributed by atoms with van der Waals surface area (Å²) in [5.41, 5.74) is 5.83. The maximum atomic E-state index is 14.8. The average Bonchev–Trinajstić information content (AvgIpc) is 3.12. The molecule has 0 spiro atoms.